The molecule has 2 aliphatic rings. The molecule has 2 fully saturated rings. The lowest BCUT2D eigenvalue weighted by Gasteiger charge is -2.37. The molecule has 68 valence electrons. The molecule has 0 aromatic carbocycles. The van der Waals surface area contributed by atoms with Gasteiger partial charge in [0.15, 0.2) is 0 Å². The first-order chi connectivity index (χ1) is 5.68. The lowest BCUT2D eigenvalue weighted by atomic mass is 9.79. The molecule has 0 saturated carbocycles. The molecule has 2 N–H and O–H groups in total. The van der Waals surface area contributed by atoms with E-state index in [2.05, 4.69) is 4.81 Å². The highest BCUT2D eigenvalue weighted by atomic mass is 16.3. The summed E-state index contributed by atoms with van der Waals surface area (Å²) in [6, 6.07) is 0.859. The number of piperidine rings is 1. The van der Waals surface area contributed by atoms with Gasteiger partial charge in [0.1, 0.15) is 0 Å². The number of hydrogen-bond donors (Lipinski definition) is 2. The number of aliphatic hydroxyl groups excluding tert-OH is 1. The van der Waals surface area contributed by atoms with Gasteiger partial charge in [0.05, 0.1) is 6.10 Å². The monoisotopic (exact) mass is 169 g/mol. The topological polar surface area (TPSA) is 43.7 Å². The van der Waals surface area contributed by atoms with Crippen molar-refractivity contribution in [2.45, 2.75) is 50.7 Å². The summed E-state index contributed by atoms with van der Waals surface area (Å²) in [6.07, 6.45) is 3.86. The molecule has 2 heterocycles. The van der Waals surface area contributed by atoms with E-state index in [1.807, 2.05) is 6.82 Å². The number of aliphatic hydroxyl groups is 1. The average Bonchev–Trinajstić information content (AvgIpc) is 2.24. The van der Waals surface area contributed by atoms with Gasteiger partial charge in [0, 0.05) is 12.1 Å². The van der Waals surface area contributed by atoms with Crippen molar-refractivity contribution >= 4 is 7.05 Å². The van der Waals surface area contributed by atoms with Crippen LogP contribution >= 0.6 is 0 Å². The minimum absolute atomic E-state index is 0.127. The molecule has 0 amide bonds. The van der Waals surface area contributed by atoms with Crippen molar-refractivity contribution in [3.05, 3.63) is 0 Å². The quantitative estimate of drug-likeness (QED) is 0.546. The first kappa shape index (κ1) is 8.54. The minimum atomic E-state index is -0.338. The Hall–Kier alpha value is -0.0551. The van der Waals surface area contributed by atoms with E-state index in [0.717, 1.165) is 25.7 Å². The lowest BCUT2D eigenvalue weighted by Crippen LogP contribution is -2.51. The van der Waals surface area contributed by atoms with Gasteiger partial charge in [-0.3, -0.25) is 0 Å². The molecule has 0 spiro atoms. The van der Waals surface area contributed by atoms with Crippen LogP contribution in [0.5, 0.6) is 0 Å². The second kappa shape index (κ2) is 3.02. The second-order valence-corrected chi connectivity index (χ2v) is 4.09. The van der Waals surface area contributed by atoms with E-state index in [9.17, 15) is 10.1 Å². The van der Waals surface area contributed by atoms with Gasteiger partial charge < -0.3 is 14.9 Å². The number of hydrogen-bond acceptors (Lipinski definition) is 3. The third kappa shape index (κ3) is 1.28. The van der Waals surface area contributed by atoms with E-state index in [4.69, 9.17) is 0 Å². The van der Waals surface area contributed by atoms with Crippen LogP contribution in [0.15, 0.2) is 0 Å². The molecule has 0 aromatic rings. The number of rotatable bonds is 1. The molecule has 0 aliphatic carbocycles. The van der Waals surface area contributed by atoms with Crippen LogP contribution in [0.2, 0.25) is 6.82 Å². The summed E-state index contributed by atoms with van der Waals surface area (Å²) in [5.41, 5.74) is 0. The van der Waals surface area contributed by atoms with Gasteiger partial charge >= 0.3 is 7.05 Å². The fourth-order valence-electron chi connectivity index (χ4n) is 2.79. The third-order valence-electron chi connectivity index (χ3n) is 3.20. The third-order valence-corrected chi connectivity index (χ3v) is 3.20. The van der Waals surface area contributed by atoms with Crippen LogP contribution in [0.4, 0.5) is 0 Å². The van der Waals surface area contributed by atoms with Crippen molar-refractivity contribution in [1.82, 2.24) is 4.81 Å². The van der Waals surface area contributed by atoms with Crippen molar-refractivity contribution in [3.8, 4) is 0 Å². The summed E-state index contributed by atoms with van der Waals surface area (Å²) in [6.45, 7) is 1.82. The predicted octanol–water partition coefficient (Wildman–Crippen LogP) is 0.0844. The first-order valence-corrected chi connectivity index (χ1v) is 4.82. The Morgan fingerprint density at radius 2 is 1.75 bits per heavy atom. The molecular formula is C8H16BNO2. The maximum absolute atomic E-state index is 9.49. The highest BCUT2D eigenvalue weighted by Gasteiger charge is 2.42. The zero-order chi connectivity index (χ0) is 8.72. The summed E-state index contributed by atoms with van der Waals surface area (Å²) >= 11 is 0. The van der Waals surface area contributed by atoms with Crippen molar-refractivity contribution in [2.75, 3.05) is 0 Å². The number of nitrogens with zero attached hydrogens (tertiary/aromatic N) is 1. The Kier molecular flexibility index (Phi) is 2.15. The van der Waals surface area contributed by atoms with Gasteiger partial charge in [-0.2, -0.15) is 0 Å². The number of fused-ring (bicyclic) bond motifs is 2. The standard InChI is InChI=1S/C8H16BNO2/c1-9(12)10-6-2-3-7(10)5-8(11)4-6/h6-8,11-12H,2-5H2,1H3/t6-,7?,8?/m1/s1. The zero-order valence-corrected chi connectivity index (χ0v) is 7.48. The molecule has 3 atom stereocenters. The molecule has 2 saturated heterocycles. The summed E-state index contributed by atoms with van der Waals surface area (Å²) in [5.74, 6) is 0. The van der Waals surface area contributed by atoms with Crippen LogP contribution in [0.1, 0.15) is 25.7 Å². The molecule has 2 rings (SSSR count). The largest absolute Gasteiger partial charge is 0.437 e. The van der Waals surface area contributed by atoms with Crippen molar-refractivity contribution < 1.29 is 10.1 Å². The van der Waals surface area contributed by atoms with E-state index in [1.165, 1.54) is 0 Å². The van der Waals surface area contributed by atoms with E-state index >= 15 is 0 Å². The Balaban J connectivity index is 2.09. The average molecular weight is 169 g/mol. The van der Waals surface area contributed by atoms with Crippen molar-refractivity contribution in [3.63, 3.8) is 0 Å². The van der Waals surface area contributed by atoms with Gasteiger partial charge in [-0.15, -0.1) is 0 Å². The van der Waals surface area contributed by atoms with Gasteiger partial charge in [-0.05, 0) is 32.5 Å². The van der Waals surface area contributed by atoms with E-state index in [-0.39, 0.29) is 13.2 Å². The molecule has 2 unspecified atom stereocenters. The zero-order valence-electron chi connectivity index (χ0n) is 7.48. The van der Waals surface area contributed by atoms with E-state index < -0.39 is 0 Å². The highest BCUT2D eigenvalue weighted by molar-refractivity contribution is 6.45. The van der Waals surface area contributed by atoms with Crippen molar-refractivity contribution in [1.29, 1.82) is 0 Å². The SMILES string of the molecule is CB(O)N1C2CC[C@@H]1CC(O)C2. The Labute approximate surface area is 73.5 Å². The molecule has 0 radical (unpaired) electrons. The predicted molar refractivity (Wildman–Crippen MR) is 47.7 cm³/mol. The maximum Gasteiger partial charge on any atom is 0.376 e. The van der Waals surface area contributed by atoms with Crippen LogP contribution < -0.4 is 0 Å². The molecule has 12 heavy (non-hydrogen) atoms. The van der Waals surface area contributed by atoms with Gasteiger partial charge in [-0.25, -0.2) is 0 Å². The highest BCUT2D eigenvalue weighted by Crippen LogP contribution is 2.35. The molecule has 0 aromatic heterocycles. The van der Waals surface area contributed by atoms with Crippen LogP contribution in [-0.4, -0.2) is 40.2 Å². The molecule has 4 heteroatoms. The molecule has 2 bridgehead atoms. The van der Waals surface area contributed by atoms with Crippen LogP contribution in [-0.2, 0) is 0 Å². The summed E-state index contributed by atoms with van der Waals surface area (Å²) in [5, 5.41) is 19.0. The van der Waals surface area contributed by atoms with Crippen LogP contribution in [0.3, 0.4) is 0 Å². The van der Waals surface area contributed by atoms with E-state index in [1.54, 1.807) is 0 Å². The summed E-state index contributed by atoms with van der Waals surface area (Å²) in [7, 11) is -0.338. The van der Waals surface area contributed by atoms with Gasteiger partial charge in [0.25, 0.3) is 0 Å². The van der Waals surface area contributed by atoms with Crippen LogP contribution in [0, 0.1) is 0 Å². The second-order valence-electron chi connectivity index (χ2n) is 4.09. The smallest absolute Gasteiger partial charge is 0.376 e. The fourth-order valence-corrected chi connectivity index (χ4v) is 2.79. The normalized spacial score (nSPS) is 41.8. The summed E-state index contributed by atoms with van der Waals surface area (Å²) < 4.78 is 0. The van der Waals surface area contributed by atoms with Crippen molar-refractivity contribution in [2.24, 2.45) is 0 Å². The fraction of sp³-hybridized carbons (Fsp3) is 1.00. The Bertz CT molecular complexity index is 162. The first-order valence-electron chi connectivity index (χ1n) is 4.82. The molecular weight excluding hydrogens is 153 g/mol. The Morgan fingerprint density at radius 3 is 2.17 bits per heavy atom. The van der Waals surface area contributed by atoms with Gasteiger partial charge in [0.2, 0.25) is 0 Å². The Morgan fingerprint density at radius 1 is 1.25 bits per heavy atom. The summed E-state index contributed by atoms with van der Waals surface area (Å²) in [4.78, 5) is 2.16. The lowest BCUT2D eigenvalue weighted by molar-refractivity contribution is 0.0687. The minimum Gasteiger partial charge on any atom is -0.437 e. The molecule has 2 aliphatic heterocycles. The van der Waals surface area contributed by atoms with Crippen LogP contribution in [0.25, 0.3) is 0 Å². The molecule has 3 nitrogen and oxygen atoms in total. The van der Waals surface area contributed by atoms with Gasteiger partial charge in [-0.1, -0.05) is 0 Å². The van der Waals surface area contributed by atoms with E-state index in [0.29, 0.717) is 12.1 Å². The maximum atomic E-state index is 9.49.